The van der Waals surface area contributed by atoms with Crippen LogP contribution in [-0.4, -0.2) is 47.2 Å². The Bertz CT molecular complexity index is 583. The number of nitrogens with zero attached hydrogens (tertiary/aromatic N) is 3. The van der Waals surface area contributed by atoms with E-state index in [-0.39, 0.29) is 21.2 Å². The Morgan fingerprint density at radius 1 is 1.27 bits per heavy atom. The zero-order chi connectivity index (χ0) is 15.5. The molecule has 118 valence electrons. The van der Waals surface area contributed by atoms with E-state index in [1.165, 1.54) is 5.69 Å². The molecule has 0 aromatic heterocycles. The summed E-state index contributed by atoms with van der Waals surface area (Å²) >= 11 is -0.244. The van der Waals surface area contributed by atoms with Gasteiger partial charge < -0.3 is 0 Å². The minimum atomic E-state index is -0.244. The van der Waals surface area contributed by atoms with Crippen LogP contribution in [0.3, 0.4) is 0 Å². The van der Waals surface area contributed by atoms with E-state index < -0.39 is 0 Å². The summed E-state index contributed by atoms with van der Waals surface area (Å²) < 4.78 is 1.31. The van der Waals surface area contributed by atoms with Crippen LogP contribution in [-0.2, 0) is 0 Å². The van der Waals surface area contributed by atoms with E-state index in [2.05, 4.69) is 57.7 Å². The molecule has 3 rings (SSSR count). The normalized spacial score (nSPS) is 22.6. The summed E-state index contributed by atoms with van der Waals surface area (Å²) in [5.74, 6) is 0. The predicted octanol–water partition coefficient (Wildman–Crippen LogP) is -1.48. The standard InChI is InChI=1S/C16H21IN5/c1-12-9-20-7-8-21(12)14-3-5-15(6-4-14)22-11-13(10-19-2)17-16(22)18/h3-6,13,18,20H,1-2,7-11H2/q-1. The van der Waals surface area contributed by atoms with Gasteiger partial charge in [-0.3, -0.25) is 0 Å². The van der Waals surface area contributed by atoms with Crippen molar-refractivity contribution in [2.75, 3.05) is 42.5 Å². The van der Waals surface area contributed by atoms with Gasteiger partial charge in [-0.15, -0.1) is 0 Å². The summed E-state index contributed by atoms with van der Waals surface area (Å²) in [7, 11) is 0. The molecule has 6 heteroatoms. The predicted molar refractivity (Wildman–Crippen MR) is 89.1 cm³/mol. The van der Waals surface area contributed by atoms with Gasteiger partial charge in [0.15, 0.2) is 0 Å². The number of aliphatic imine (C=N–C) groups is 1. The summed E-state index contributed by atoms with van der Waals surface area (Å²) in [4.78, 5) is 8.38. The second kappa shape index (κ2) is 6.78. The maximum absolute atomic E-state index is 8.21. The van der Waals surface area contributed by atoms with Crippen LogP contribution < -0.4 is 36.3 Å². The van der Waals surface area contributed by atoms with Crippen LogP contribution >= 0.6 is 0 Å². The van der Waals surface area contributed by atoms with Gasteiger partial charge in [-0.2, -0.15) is 0 Å². The molecule has 2 aliphatic rings. The van der Waals surface area contributed by atoms with Crippen LogP contribution in [0.2, 0.25) is 0 Å². The van der Waals surface area contributed by atoms with Crippen molar-refractivity contribution in [1.82, 2.24) is 5.32 Å². The molecule has 0 spiro atoms. The second-order valence-electron chi connectivity index (χ2n) is 5.43. The second-order valence-corrected chi connectivity index (χ2v) is 8.83. The van der Waals surface area contributed by atoms with Crippen LogP contribution in [0.15, 0.2) is 41.5 Å². The molecule has 2 heterocycles. The van der Waals surface area contributed by atoms with E-state index in [0.717, 1.165) is 48.0 Å². The molecule has 0 bridgehead atoms. The number of halogens is 1. The molecule has 0 amide bonds. The van der Waals surface area contributed by atoms with E-state index in [0.29, 0.717) is 3.92 Å². The van der Waals surface area contributed by atoms with Crippen molar-refractivity contribution in [2.45, 2.75) is 3.92 Å². The fraction of sp³-hybridized carbons (Fsp3) is 0.375. The number of rotatable bonds is 4. The zero-order valence-corrected chi connectivity index (χ0v) is 14.7. The average Bonchev–Trinajstić information content (AvgIpc) is 2.89. The molecular weight excluding hydrogens is 389 g/mol. The molecule has 5 nitrogen and oxygen atoms in total. The molecule has 0 saturated carbocycles. The van der Waals surface area contributed by atoms with Gasteiger partial charge in [-0.25, -0.2) is 0 Å². The summed E-state index contributed by atoms with van der Waals surface area (Å²) in [6.45, 7) is 12.2. The first-order valence-corrected chi connectivity index (χ1v) is 9.69. The fourth-order valence-electron chi connectivity index (χ4n) is 2.77. The van der Waals surface area contributed by atoms with Gasteiger partial charge in [-0.05, 0) is 0 Å². The number of hydrogen-bond acceptors (Lipinski definition) is 4. The molecular formula is C16H21IN5-. The Morgan fingerprint density at radius 2 is 1.95 bits per heavy atom. The van der Waals surface area contributed by atoms with Gasteiger partial charge >= 0.3 is 142 Å². The van der Waals surface area contributed by atoms with Gasteiger partial charge in [-0.1, -0.05) is 0 Å². The first-order valence-electron chi connectivity index (χ1n) is 7.37. The first-order chi connectivity index (χ1) is 10.7. The molecule has 0 radical (unpaired) electrons. The number of piperazine rings is 1. The van der Waals surface area contributed by atoms with Crippen LogP contribution in [0.4, 0.5) is 11.4 Å². The Morgan fingerprint density at radius 3 is 2.59 bits per heavy atom. The summed E-state index contributed by atoms with van der Waals surface area (Å²) in [5.41, 5.74) is 3.40. The minimum absolute atomic E-state index is 0.244. The monoisotopic (exact) mass is 410 g/mol. The van der Waals surface area contributed by atoms with Crippen molar-refractivity contribution in [3.05, 3.63) is 36.5 Å². The number of anilines is 2. The Hall–Kier alpha value is -1.41. The van der Waals surface area contributed by atoms with E-state index in [1.54, 1.807) is 0 Å². The Labute approximate surface area is 141 Å². The van der Waals surface area contributed by atoms with Gasteiger partial charge in [0.25, 0.3) is 0 Å². The van der Waals surface area contributed by atoms with Gasteiger partial charge in [0.1, 0.15) is 0 Å². The summed E-state index contributed by atoms with van der Waals surface area (Å²) in [6.07, 6.45) is 0. The van der Waals surface area contributed by atoms with E-state index in [9.17, 15) is 0 Å². The van der Waals surface area contributed by atoms with Crippen LogP contribution in [0.1, 0.15) is 0 Å². The van der Waals surface area contributed by atoms with Gasteiger partial charge in [0.2, 0.25) is 0 Å². The quantitative estimate of drug-likeness (QED) is 0.276. The Kier molecular flexibility index (Phi) is 4.77. The zero-order valence-electron chi connectivity index (χ0n) is 12.6. The van der Waals surface area contributed by atoms with Crippen molar-refractivity contribution >= 4 is 21.9 Å². The number of nitrogens with one attached hydrogen (secondary N) is 2. The molecule has 1 aromatic rings. The van der Waals surface area contributed by atoms with Crippen molar-refractivity contribution in [2.24, 2.45) is 4.99 Å². The molecule has 1 aromatic carbocycles. The van der Waals surface area contributed by atoms with E-state index in [4.69, 9.17) is 5.41 Å². The number of hydrogen-bond donors (Lipinski definition) is 2. The van der Waals surface area contributed by atoms with Crippen molar-refractivity contribution in [1.29, 1.82) is 5.41 Å². The third-order valence-electron chi connectivity index (χ3n) is 3.90. The fourth-order valence-corrected chi connectivity index (χ4v) is 5.48. The summed E-state index contributed by atoms with van der Waals surface area (Å²) in [6, 6.07) is 8.51. The summed E-state index contributed by atoms with van der Waals surface area (Å²) in [5, 5.41) is 11.5. The number of alkyl halides is 1. The molecule has 2 saturated heterocycles. The molecule has 2 N–H and O–H groups in total. The topological polar surface area (TPSA) is 54.7 Å². The molecule has 1 atom stereocenters. The van der Waals surface area contributed by atoms with Gasteiger partial charge in [0, 0.05) is 0 Å². The van der Waals surface area contributed by atoms with Gasteiger partial charge in [0.05, 0.1) is 0 Å². The third kappa shape index (κ3) is 3.17. The molecule has 22 heavy (non-hydrogen) atoms. The van der Waals surface area contributed by atoms with Crippen LogP contribution in [0, 0.1) is 5.41 Å². The molecule has 2 aliphatic heterocycles. The van der Waals surface area contributed by atoms with E-state index in [1.807, 2.05) is 0 Å². The molecule has 1 unspecified atom stereocenters. The van der Waals surface area contributed by atoms with Crippen molar-refractivity contribution < 1.29 is 21.2 Å². The maximum atomic E-state index is 8.21. The van der Waals surface area contributed by atoms with E-state index >= 15 is 0 Å². The average molecular weight is 410 g/mol. The number of amidine groups is 1. The number of benzene rings is 1. The van der Waals surface area contributed by atoms with Crippen molar-refractivity contribution in [3.63, 3.8) is 0 Å². The van der Waals surface area contributed by atoms with Crippen LogP contribution in [0.5, 0.6) is 0 Å². The molecule has 2 fully saturated rings. The SMILES string of the molecule is C=NCC1CN(c2ccc(N3CCNCC3=C)cc2)C(=N)[I-]1. The molecule has 0 aliphatic carbocycles. The third-order valence-corrected chi connectivity index (χ3v) is 6.74. The first kappa shape index (κ1) is 15.5. The van der Waals surface area contributed by atoms with Crippen molar-refractivity contribution in [3.8, 4) is 0 Å². The van der Waals surface area contributed by atoms with Crippen LogP contribution in [0.25, 0.3) is 0 Å². The Balaban J connectivity index is 1.73.